The maximum atomic E-state index is 13.1. The SMILES string of the molecule is C=C1NC(Nc2nc3ccccc3o2)=N[C@H](c2ccco2)[C@H]1C(=O)Nc1ccccc1. The third kappa shape index (κ3) is 3.78. The number of aromatic nitrogens is 1. The molecule has 1 aliphatic heterocycles. The van der Waals surface area contributed by atoms with Crippen LogP contribution in [-0.4, -0.2) is 16.9 Å². The van der Waals surface area contributed by atoms with Gasteiger partial charge in [-0.2, -0.15) is 4.98 Å². The fourth-order valence-electron chi connectivity index (χ4n) is 3.49. The van der Waals surface area contributed by atoms with Gasteiger partial charge < -0.3 is 19.5 Å². The normalized spacial score (nSPS) is 18.3. The van der Waals surface area contributed by atoms with E-state index in [-0.39, 0.29) is 11.9 Å². The minimum Gasteiger partial charge on any atom is -0.467 e. The first-order valence-electron chi connectivity index (χ1n) is 9.73. The van der Waals surface area contributed by atoms with Crippen LogP contribution in [0.15, 0.2) is 99.1 Å². The van der Waals surface area contributed by atoms with E-state index in [2.05, 4.69) is 32.5 Å². The zero-order chi connectivity index (χ0) is 21.2. The van der Waals surface area contributed by atoms with Crippen LogP contribution in [0.25, 0.3) is 11.1 Å². The van der Waals surface area contributed by atoms with Crippen molar-refractivity contribution in [2.75, 3.05) is 10.6 Å². The summed E-state index contributed by atoms with van der Waals surface area (Å²) >= 11 is 0. The van der Waals surface area contributed by atoms with Gasteiger partial charge in [-0.3, -0.25) is 10.1 Å². The van der Waals surface area contributed by atoms with Gasteiger partial charge in [0.05, 0.1) is 6.26 Å². The molecular formula is C23H19N5O3. The van der Waals surface area contributed by atoms with Gasteiger partial charge in [0.1, 0.15) is 23.2 Å². The lowest BCUT2D eigenvalue weighted by Crippen LogP contribution is -2.43. The summed E-state index contributed by atoms with van der Waals surface area (Å²) in [7, 11) is 0. The second kappa shape index (κ2) is 7.83. The van der Waals surface area contributed by atoms with Gasteiger partial charge in [-0.1, -0.05) is 36.9 Å². The van der Waals surface area contributed by atoms with Crippen molar-refractivity contribution in [1.29, 1.82) is 0 Å². The fourth-order valence-corrected chi connectivity index (χ4v) is 3.49. The van der Waals surface area contributed by atoms with Gasteiger partial charge in [0, 0.05) is 11.4 Å². The van der Waals surface area contributed by atoms with E-state index in [0.29, 0.717) is 28.7 Å². The first-order chi connectivity index (χ1) is 15.2. The van der Waals surface area contributed by atoms with Crippen molar-refractivity contribution < 1.29 is 13.6 Å². The molecule has 5 rings (SSSR count). The van der Waals surface area contributed by atoms with Gasteiger partial charge in [-0.05, 0) is 36.4 Å². The highest BCUT2D eigenvalue weighted by Gasteiger charge is 2.38. The number of benzene rings is 2. The lowest BCUT2D eigenvalue weighted by atomic mass is 9.92. The molecule has 0 spiro atoms. The number of furan rings is 1. The topological polar surface area (TPSA) is 105 Å². The molecule has 8 nitrogen and oxygen atoms in total. The molecule has 4 aromatic rings. The van der Waals surface area contributed by atoms with Gasteiger partial charge in [-0.15, -0.1) is 0 Å². The number of carbonyl (C=O) groups is 1. The molecule has 3 heterocycles. The summed E-state index contributed by atoms with van der Waals surface area (Å²) in [4.78, 5) is 22.2. The molecule has 154 valence electrons. The van der Waals surface area contributed by atoms with Crippen molar-refractivity contribution >= 4 is 34.7 Å². The number of oxazole rings is 1. The Labute approximate surface area is 177 Å². The molecule has 2 aromatic carbocycles. The van der Waals surface area contributed by atoms with Crippen molar-refractivity contribution in [3.63, 3.8) is 0 Å². The maximum absolute atomic E-state index is 13.1. The largest absolute Gasteiger partial charge is 0.467 e. The van der Waals surface area contributed by atoms with Crippen molar-refractivity contribution in [3.05, 3.63) is 91.0 Å². The van der Waals surface area contributed by atoms with Crippen molar-refractivity contribution in [2.24, 2.45) is 10.9 Å². The first kappa shape index (κ1) is 18.7. The lowest BCUT2D eigenvalue weighted by Gasteiger charge is -2.30. The molecule has 2 aromatic heterocycles. The summed E-state index contributed by atoms with van der Waals surface area (Å²) in [6, 6.07) is 19.9. The minimum absolute atomic E-state index is 0.241. The van der Waals surface area contributed by atoms with E-state index in [0.717, 1.165) is 5.52 Å². The van der Waals surface area contributed by atoms with Gasteiger partial charge >= 0.3 is 6.01 Å². The molecule has 0 radical (unpaired) electrons. The monoisotopic (exact) mass is 413 g/mol. The summed E-state index contributed by atoms with van der Waals surface area (Å²) in [5.41, 5.74) is 2.55. The number of anilines is 2. The molecule has 0 bridgehead atoms. The summed E-state index contributed by atoms with van der Waals surface area (Å²) < 4.78 is 11.3. The van der Waals surface area contributed by atoms with Gasteiger partial charge in [0.25, 0.3) is 0 Å². The highest BCUT2D eigenvalue weighted by Crippen LogP contribution is 2.34. The Morgan fingerprint density at radius 3 is 2.61 bits per heavy atom. The molecule has 0 aliphatic carbocycles. The molecule has 0 unspecified atom stereocenters. The molecule has 0 fully saturated rings. The highest BCUT2D eigenvalue weighted by molar-refractivity contribution is 6.00. The van der Waals surface area contributed by atoms with E-state index < -0.39 is 12.0 Å². The number of rotatable bonds is 4. The third-order valence-electron chi connectivity index (χ3n) is 4.92. The number of fused-ring (bicyclic) bond motifs is 1. The molecule has 3 N–H and O–H groups in total. The molecule has 8 heteroatoms. The number of amides is 1. The third-order valence-corrected chi connectivity index (χ3v) is 4.92. The molecule has 0 saturated carbocycles. The van der Waals surface area contributed by atoms with Crippen LogP contribution in [0.2, 0.25) is 0 Å². The van der Waals surface area contributed by atoms with Gasteiger partial charge in [0.2, 0.25) is 11.9 Å². The molecular weight excluding hydrogens is 394 g/mol. The molecule has 0 saturated heterocycles. The first-order valence-corrected chi connectivity index (χ1v) is 9.73. The predicted molar refractivity (Wildman–Crippen MR) is 117 cm³/mol. The lowest BCUT2D eigenvalue weighted by molar-refractivity contribution is -0.119. The van der Waals surface area contributed by atoms with E-state index in [4.69, 9.17) is 8.83 Å². The van der Waals surface area contributed by atoms with E-state index in [9.17, 15) is 4.79 Å². The van der Waals surface area contributed by atoms with Crippen LogP contribution in [0.5, 0.6) is 0 Å². The fraction of sp³-hybridized carbons (Fsp3) is 0.0870. The number of hydrogen-bond donors (Lipinski definition) is 3. The molecule has 1 aliphatic rings. The van der Waals surface area contributed by atoms with Crippen LogP contribution in [0.3, 0.4) is 0 Å². The van der Waals surface area contributed by atoms with Crippen LogP contribution < -0.4 is 16.0 Å². The summed E-state index contributed by atoms with van der Waals surface area (Å²) in [6.07, 6.45) is 1.55. The summed E-state index contributed by atoms with van der Waals surface area (Å²) in [5, 5.41) is 9.00. The van der Waals surface area contributed by atoms with Crippen LogP contribution in [-0.2, 0) is 4.79 Å². The quantitative estimate of drug-likeness (QED) is 0.461. The number of nitrogens with one attached hydrogen (secondary N) is 3. The Bertz CT molecular complexity index is 1230. The number of guanidine groups is 1. The van der Waals surface area contributed by atoms with E-state index >= 15 is 0 Å². The molecule has 31 heavy (non-hydrogen) atoms. The Morgan fingerprint density at radius 1 is 1.03 bits per heavy atom. The van der Waals surface area contributed by atoms with E-state index in [1.807, 2.05) is 54.6 Å². The Kier molecular flexibility index (Phi) is 4.72. The average molecular weight is 413 g/mol. The summed E-state index contributed by atoms with van der Waals surface area (Å²) in [5.74, 6) is -0.00950. The Balaban J connectivity index is 1.44. The maximum Gasteiger partial charge on any atom is 0.302 e. The smallest absolute Gasteiger partial charge is 0.302 e. The number of para-hydroxylation sites is 3. The van der Waals surface area contributed by atoms with Gasteiger partial charge in [-0.25, -0.2) is 4.99 Å². The minimum atomic E-state index is -0.680. The van der Waals surface area contributed by atoms with Crippen molar-refractivity contribution in [2.45, 2.75) is 6.04 Å². The number of aliphatic imine (C=N–C) groups is 1. The Morgan fingerprint density at radius 2 is 1.84 bits per heavy atom. The standard InChI is InChI=1S/C23H19N5O3/c1-14-19(21(29)25-15-8-3-2-4-9-15)20(18-12-7-13-30-18)27-22(24-14)28-23-26-16-10-5-6-11-17(16)31-23/h2-13,19-20H,1H2,(H,25,29)(H2,24,26,27,28)/t19-,20+/m0/s1. The number of hydrogen-bond acceptors (Lipinski definition) is 7. The summed E-state index contributed by atoms with van der Waals surface area (Å²) in [6.45, 7) is 4.07. The van der Waals surface area contributed by atoms with E-state index in [1.54, 1.807) is 18.4 Å². The zero-order valence-electron chi connectivity index (χ0n) is 16.4. The highest BCUT2D eigenvalue weighted by atomic mass is 16.4. The van der Waals surface area contributed by atoms with Gasteiger partial charge in [0.15, 0.2) is 5.58 Å². The second-order valence-corrected chi connectivity index (χ2v) is 7.03. The van der Waals surface area contributed by atoms with Crippen LogP contribution in [0.4, 0.5) is 11.7 Å². The number of carbonyl (C=O) groups excluding carboxylic acids is 1. The van der Waals surface area contributed by atoms with Crippen molar-refractivity contribution in [1.82, 2.24) is 10.3 Å². The van der Waals surface area contributed by atoms with Crippen LogP contribution in [0.1, 0.15) is 11.8 Å². The van der Waals surface area contributed by atoms with Crippen LogP contribution in [0, 0.1) is 5.92 Å². The molecule has 2 atom stereocenters. The second-order valence-electron chi connectivity index (χ2n) is 7.03. The molecule has 1 amide bonds. The van der Waals surface area contributed by atoms with E-state index in [1.165, 1.54) is 0 Å². The van der Waals surface area contributed by atoms with Crippen LogP contribution >= 0.6 is 0 Å². The number of nitrogens with zero attached hydrogens (tertiary/aromatic N) is 2. The predicted octanol–water partition coefficient (Wildman–Crippen LogP) is 4.30. The Hall–Kier alpha value is -4.33. The zero-order valence-corrected chi connectivity index (χ0v) is 16.4. The average Bonchev–Trinajstić information content (AvgIpc) is 3.43. The van der Waals surface area contributed by atoms with Crippen molar-refractivity contribution in [3.8, 4) is 0 Å².